The number of primary amides is 1. The van der Waals surface area contributed by atoms with Crippen molar-refractivity contribution in [2.45, 2.75) is 5.54 Å². The number of para-hydroxylation sites is 1. The fraction of sp³-hybridized carbons (Fsp3) is 0.300. The highest BCUT2D eigenvalue weighted by atomic mass is 32.2. The quantitative estimate of drug-likeness (QED) is 0.814. The van der Waals surface area contributed by atoms with E-state index in [2.05, 4.69) is 5.32 Å². The molecule has 0 radical (unpaired) electrons. The van der Waals surface area contributed by atoms with Crippen LogP contribution in [0.3, 0.4) is 0 Å². The van der Waals surface area contributed by atoms with Crippen molar-refractivity contribution in [1.82, 2.24) is 0 Å². The van der Waals surface area contributed by atoms with E-state index in [0.29, 0.717) is 17.2 Å². The number of rotatable bonds is 3. The third-order valence-electron chi connectivity index (χ3n) is 2.42. The number of halogens is 1. The van der Waals surface area contributed by atoms with Crippen molar-refractivity contribution in [3.05, 3.63) is 30.1 Å². The van der Waals surface area contributed by atoms with E-state index >= 15 is 0 Å². The zero-order valence-corrected chi connectivity index (χ0v) is 8.81. The highest BCUT2D eigenvalue weighted by Gasteiger charge is 2.43. The van der Waals surface area contributed by atoms with Crippen LogP contribution in [0.1, 0.15) is 0 Å². The van der Waals surface area contributed by atoms with Gasteiger partial charge in [0.15, 0.2) is 0 Å². The molecule has 0 aromatic heterocycles. The summed E-state index contributed by atoms with van der Waals surface area (Å²) in [6.07, 6.45) is 0. The number of anilines is 1. The molecule has 1 aromatic rings. The lowest BCUT2D eigenvalue weighted by Gasteiger charge is -2.39. The topological polar surface area (TPSA) is 55.1 Å². The van der Waals surface area contributed by atoms with Crippen LogP contribution in [0.15, 0.2) is 24.3 Å². The molecule has 3 nitrogen and oxygen atoms in total. The Kier molecular flexibility index (Phi) is 2.56. The molecule has 5 heteroatoms. The van der Waals surface area contributed by atoms with E-state index in [9.17, 15) is 9.18 Å². The minimum absolute atomic E-state index is 0.330. The van der Waals surface area contributed by atoms with E-state index < -0.39 is 11.4 Å². The maximum atomic E-state index is 13.3. The summed E-state index contributed by atoms with van der Waals surface area (Å²) >= 11 is 1.61. The third kappa shape index (κ3) is 1.79. The van der Waals surface area contributed by atoms with Gasteiger partial charge in [0.2, 0.25) is 5.91 Å². The van der Waals surface area contributed by atoms with E-state index in [4.69, 9.17) is 5.73 Å². The van der Waals surface area contributed by atoms with Gasteiger partial charge in [-0.25, -0.2) is 4.39 Å². The van der Waals surface area contributed by atoms with Gasteiger partial charge in [0.25, 0.3) is 0 Å². The van der Waals surface area contributed by atoms with Gasteiger partial charge in [-0.1, -0.05) is 12.1 Å². The van der Waals surface area contributed by atoms with Crippen LogP contribution >= 0.6 is 11.8 Å². The summed E-state index contributed by atoms with van der Waals surface area (Å²) in [6.45, 7) is 0. The normalized spacial score (nSPS) is 17.9. The smallest absolute Gasteiger partial charge is 0.244 e. The molecule has 1 saturated heterocycles. The van der Waals surface area contributed by atoms with Crippen LogP contribution in [0, 0.1) is 5.82 Å². The van der Waals surface area contributed by atoms with Crippen LogP contribution in [-0.2, 0) is 4.79 Å². The molecule has 0 spiro atoms. The first-order chi connectivity index (χ1) is 7.14. The van der Waals surface area contributed by atoms with Gasteiger partial charge in [0.1, 0.15) is 11.4 Å². The first-order valence-corrected chi connectivity index (χ1v) is 5.70. The molecular formula is C10H11FN2OS. The van der Waals surface area contributed by atoms with E-state index in [1.165, 1.54) is 6.07 Å². The second-order valence-corrected chi connectivity index (χ2v) is 4.53. The molecule has 1 aliphatic rings. The lowest BCUT2D eigenvalue weighted by Crippen LogP contribution is -2.60. The van der Waals surface area contributed by atoms with Crippen molar-refractivity contribution in [3.63, 3.8) is 0 Å². The highest BCUT2D eigenvalue weighted by Crippen LogP contribution is 2.33. The number of hydrogen-bond donors (Lipinski definition) is 2. The SMILES string of the molecule is NC(=O)C1(Nc2ccccc2F)CSC1. The molecule has 0 unspecified atom stereocenters. The Morgan fingerprint density at radius 3 is 2.60 bits per heavy atom. The van der Waals surface area contributed by atoms with Crippen LogP contribution in [0.4, 0.5) is 10.1 Å². The Morgan fingerprint density at radius 1 is 1.47 bits per heavy atom. The van der Waals surface area contributed by atoms with Gasteiger partial charge in [-0.05, 0) is 12.1 Å². The monoisotopic (exact) mass is 226 g/mol. The summed E-state index contributed by atoms with van der Waals surface area (Å²) in [4.78, 5) is 11.2. The van der Waals surface area contributed by atoms with E-state index in [1.54, 1.807) is 30.0 Å². The summed E-state index contributed by atoms with van der Waals surface area (Å²) in [5.41, 5.74) is 4.85. The highest BCUT2D eigenvalue weighted by molar-refractivity contribution is 8.01. The summed E-state index contributed by atoms with van der Waals surface area (Å²) in [7, 11) is 0. The molecule has 0 atom stereocenters. The van der Waals surface area contributed by atoms with Gasteiger partial charge >= 0.3 is 0 Å². The molecule has 1 aromatic carbocycles. The molecule has 1 aliphatic heterocycles. The summed E-state index contributed by atoms with van der Waals surface area (Å²) in [5.74, 6) is 0.396. The van der Waals surface area contributed by atoms with Gasteiger partial charge in [-0.2, -0.15) is 11.8 Å². The number of nitrogens with one attached hydrogen (secondary N) is 1. The number of carbonyl (C=O) groups excluding carboxylic acids is 1. The lowest BCUT2D eigenvalue weighted by atomic mass is 10.0. The molecule has 0 aliphatic carbocycles. The second kappa shape index (κ2) is 3.73. The molecular weight excluding hydrogens is 215 g/mol. The Bertz CT molecular complexity index is 393. The van der Waals surface area contributed by atoms with Crippen molar-refractivity contribution >= 4 is 23.4 Å². The average molecular weight is 226 g/mol. The number of amides is 1. The molecule has 1 fully saturated rings. The zero-order valence-electron chi connectivity index (χ0n) is 8.00. The molecule has 2 rings (SSSR count). The van der Waals surface area contributed by atoms with Crippen molar-refractivity contribution in [1.29, 1.82) is 0 Å². The molecule has 0 saturated carbocycles. The van der Waals surface area contributed by atoms with E-state index in [-0.39, 0.29) is 5.82 Å². The molecule has 15 heavy (non-hydrogen) atoms. The van der Waals surface area contributed by atoms with Crippen LogP contribution in [0.2, 0.25) is 0 Å². The Balaban J connectivity index is 2.21. The van der Waals surface area contributed by atoms with Gasteiger partial charge in [-0.3, -0.25) is 4.79 Å². The van der Waals surface area contributed by atoms with Crippen molar-refractivity contribution < 1.29 is 9.18 Å². The predicted octanol–water partition coefficient (Wildman–Crippen LogP) is 1.21. The van der Waals surface area contributed by atoms with Gasteiger partial charge in [0, 0.05) is 11.5 Å². The molecule has 0 bridgehead atoms. The lowest BCUT2D eigenvalue weighted by molar-refractivity contribution is -0.121. The number of thioether (sulfide) groups is 1. The maximum absolute atomic E-state index is 13.3. The minimum atomic E-state index is -0.771. The van der Waals surface area contributed by atoms with E-state index in [0.717, 1.165) is 0 Å². The summed E-state index contributed by atoms with van der Waals surface area (Å²) in [6, 6.07) is 6.27. The molecule has 1 amide bonds. The van der Waals surface area contributed by atoms with Crippen molar-refractivity contribution in [3.8, 4) is 0 Å². The Labute approximate surface area is 91.2 Å². The average Bonchev–Trinajstić information content (AvgIpc) is 2.13. The van der Waals surface area contributed by atoms with Crippen LogP contribution in [0.5, 0.6) is 0 Å². The van der Waals surface area contributed by atoms with Gasteiger partial charge in [-0.15, -0.1) is 0 Å². The molecule has 3 N–H and O–H groups in total. The third-order valence-corrected chi connectivity index (χ3v) is 3.81. The summed E-state index contributed by atoms with van der Waals surface area (Å²) < 4.78 is 13.3. The van der Waals surface area contributed by atoms with E-state index in [1.807, 2.05) is 0 Å². The predicted molar refractivity (Wildman–Crippen MR) is 59.3 cm³/mol. The minimum Gasteiger partial charge on any atom is -0.368 e. The Hall–Kier alpha value is -1.23. The molecule has 80 valence electrons. The standard InChI is InChI=1S/C10H11FN2OS/c11-7-3-1-2-4-8(7)13-10(9(12)14)5-15-6-10/h1-4,13H,5-6H2,(H2,12,14). The zero-order chi connectivity index (χ0) is 10.9. The first kappa shape index (κ1) is 10.3. The van der Waals surface area contributed by atoms with Crippen LogP contribution in [-0.4, -0.2) is 23.0 Å². The maximum Gasteiger partial charge on any atom is 0.244 e. The second-order valence-electron chi connectivity index (χ2n) is 3.54. The molecule has 1 heterocycles. The fourth-order valence-electron chi connectivity index (χ4n) is 1.40. The van der Waals surface area contributed by atoms with Crippen molar-refractivity contribution in [2.24, 2.45) is 5.73 Å². The number of nitrogens with two attached hydrogens (primary N) is 1. The van der Waals surface area contributed by atoms with Crippen LogP contribution in [0.25, 0.3) is 0 Å². The first-order valence-electron chi connectivity index (χ1n) is 4.54. The van der Waals surface area contributed by atoms with Gasteiger partial charge in [0.05, 0.1) is 5.69 Å². The van der Waals surface area contributed by atoms with Crippen molar-refractivity contribution in [2.75, 3.05) is 16.8 Å². The largest absolute Gasteiger partial charge is 0.368 e. The fourth-order valence-corrected chi connectivity index (χ4v) is 2.44. The number of hydrogen-bond acceptors (Lipinski definition) is 3. The Morgan fingerprint density at radius 2 is 2.13 bits per heavy atom. The summed E-state index contributed by atoms with van der Waals surface area (Å²) in [5, 5.41) is 2.89. The van der Waals surface area contributed by atoms with Crippen LogP contribution < -0.4 is 11.1 Å². The number of carbonyl (C=O) groups is 1. The van der Waals surface area contributed by atoms with Gasteiger partial charge < -0.3 is 11.1 Å². The number of benzene rings is 1.